The highest BCUT2D eigenvalue weighted by molar-refractivity contribution is 5.51. The summed E-state index contributed by atoms with van der Waals surface area (Å²) < 4.78 is 0. The number of anilines is 1. The molecule has 1 saturated heterocycles. The zero-order valence-electron chi connectivity index (χ0n) is 10.1. The summed E-state index contributed by atoms with van der Waals surface area (Å²) in [6.45, 7) is 2.18. The van der Waals surface area contributed by atoms with Gasteiger partial charge in [-0.05, 0) is 25.7 Å². The van der Waals surface area contributed by atoms with Crippen molar-refractivity contribution in [1.82, 2.24) is 9.97 Å². The van der Waals surface area contributed by atoms with E-state index in [1.54, 1.807) is 6.33 Å². The number of hydrogen-bond donors (Lipinski definition) is 1. The Balaban J connectivity index is 1.85. The average Bonchev–Trinajstić information content (AvgIpc) is 2.53. The third-order valence-electron chi connectivity index (χ3n) is 3.87. The molecule has 2 heterocycles. The molecule has 4 nitrogen and oxygen atoms in total. The predicted molar refractivity (Wildman–Crippen MR) is 66.1 cm³/mol. The molecule has 0 radical (unpaired) electrons. The van der Waals surface area contributed by atoms with E-state index >= 15 is 0 Å². The van der Waals surface area contributed by atoms with Crippen LogP contribution in [0.3, 0.4) is 0 Å². The van der Waals surface area contributed by atoms with Gasteiger partial charge in [-0.15, -0.1) is 0 Å². The number of rotatable bonds is 2. The molecule has 0 unspecified atom stereocenters. The standard InChI is InChI=1S/C13H19N3O/c17-8-10-6-16(7-10)13-11-4-2-1-3-5-12(11)14-9-15-13/h9-10,17H,1-8H2. The molecular formula is C13H19N3O. The number of hydrogen-bond acceptors (Lipinski definition) is 4. The van der Waals surface area contributed by atoms with Gasteiger partial charge in [-0.25, -0.2) is 9.97 Å². The highest BCUT2D eigenvalue weighted by atomic mass is 16.3. The lowest BCUT2D eigenvalue weighted by atomic mass is 9.99. The molecule has 1 aliphatic heterocycles. The van der Waals surface area contributed by atoms with Crippen LogP contribution in [0, 0.1) is 5.92 Å². The molecule has 3 rings (SSSR count). The van der Waals surface area contributed by atoms with Crippen LogP contribution in [0.4, 0.5) is 5.82 Å². The van der Waals surface area contributed by atoms with Gasteiger partial charge in [-0.2, -0.15) is 0 Å². The molecule has 1 N–H and O–H groups in total. The third kappa shape index (κ3) is 2.02. The van der Waals surface area contributed by atoms with E-state index in [1.165, 1.54) is 30.5 Å². The number of aliphatic hydroxyl groups is 1. The summed E-state index contributed by atoms with van der Waals surface area (Å²) in [5, 5.41) is 9.07. The average molecular weight is 233 g/mol. The van der Waals surface area contributed by atoms with Crippen molar-refractivity contribution in [3.8, 4) is 0 Å². The summed E-state index contributed by atoms with van der Waals surface area (Å²) in [4.78, 5) is 11.2. The Kier molecular flexibility index (Phi) is 2.97. The van der Waals surface area contributed by atoms with Crippen LogP contribution in [0.25, 0.3) is 0 Å². The van der Waals surface area contributed by atoms with Crippen molar-refractivity contribution in [2.24, 2.45) is 5.92 Å². The number of fused-ring (bicyclic) bond motifs is 1. The zero-order valence-corrected chi connectivity index (χ0v) is 10.1. The predicted octanol–water partition coefficient (Wildman–Crippen LogP) is 1.17. The first-order valence-electron chi connectivity index (χ1n) is 6.57. The maximum atomic E-state index is 9.07. The molecule has 0 saturated carbocycles. The van der Waals surface area contributed by atoms with Crippen LogP contribution in [-0.4, -0.2) is 34.8 Å². The highest BCUT2D eigenvalue weighted by Gasteiger charge is 2.29. The Morgan fingerprint density at radius 2 is 2.00 bits per heavy atom. The van der Waals surface area contributed by atoms with Gasteiger partial charge in [0.25, 0.3) is 0 Å². The maximum absolute atomic E-state index is 9.07. The van der Waals surface area contributed by atoms with Crippen molar-refractivity contribution in [2.75, 3.05) is 24.6 Å². The van der Waals surface area contributed by atoms with Gasteiger partial charge in [0.1, 0.15) is 12.1 Å². The van der Waals surface area contributed by atoms with Crippen molar-refractivity contribution < 1.29 is 5.11 Å². The number of aromatic nitrogens is 2. The van der Waals surface area contributed by atoms with Gasteiger partial charge in [0.05, 0.1) is 0 Å². The first kappa shape index (κ1) is 11.0. The van der Waals surface area contributed by atoms with Gasteiger partial charge in [0.15, 0.2) is 0 Å². The van der Waals surface area contributed by atoms with Crippen molar-refractivity contribution in [2.45, 2.75) is 32.1 Å². The van der Waals surface area contributed by atoms with Crippen LogP contribution in [0.1, 0.15) is 30.5 Å². The molecular weight excluding hydrogens is 214 g/mol. The normalized spacial score (nSPS) is 20.6. The molecule has 0 aromatic carbocycles. The highest BCUT2D eigenvalue weighted by Crippen LogP contribution is 2.30. The van der Waals surface area contributed by atoms with E-state index in [0.29, 0.717) is 12.5 Å². The quantitative estimate of drug-likeness (QED) is 0.779. The van der Waals surface area contributed by atoms with Gasteiger partial charge in [-0.1, -0.05) is 6.42 Å². The molecule has 1 aliphatic carbocycles. The largest absolute Gasteiger partial charge is 0.396 e. The number of aliphatic hydroxyl groups excluding tert-OH is 1. The Bertz CT molecular complexity index is 402. The topological polar surface area (TPSA) is 49.2 Å². The second-order valence-electron chi connectivity index (χ2n) is 5.14. The van der Waals surface area contributed by atoms with E-state index < -0.39 is 0 Å². The second kappa shape index (κ2) is 4.61. The minimum absolute atomic E-state index is 0.295. The molecule has 0 spiro atoms. The first-order valence-corrected chi connectivity index (χ1v) is 6.57. The van der Waals surface area contributed by atoms with Gasteiger partial charge in [0.2, 0.25) is 0 Å². The van der Waals surface area contributed by atoms with Crippen molar-refractivity contribution in [3.63, 3.8) is 0 Å². The summed E-state index contributed by atoms with van der Waals surface area (Å²) in [6.07, 6.45) is 7.72. The van der Waals surface area contributed by atoms with Crippen LogP contribution >= 0.6 is 0 Å². The van der Waals surface area contributed by atoms with E-state index in [0.717, 1.165) is 31.7 Å². The molecule has 2 aliphatic rings. The van der Waals surface area contributed by atoms with Crippen molar-refractivity contribution in [3.05, 3.63) is 17.6 Å². The van der Waals surface area contributed by atoms with E-state index in [9.17, 15) is 0 Å². The van der Waals surface area contributed by atoms with Crippen molar-refractivity contribution >= 4 is 5.82 Å². The lowest BCUT2D eigenvalue weighted by molar-refractivity contribution is 0.200. The second-order valence-corrected chi connectivity index (χ2v) is 5.14. The summed E-state index contributed by atoms with van der Waals surface area (Å²) in [5.41, 5.74) is 2.61. The summed E-state index contributed by atoms with van der Waals surface area (Å²) >= 11 is 0. The summed E-state index contributed by atoms with van der Waals surface area (Å²) in [6, 6.07) is 0. The monoisotopic (exact) mass is 233 g/mol. The lowest BCUT2D eigenvalue weighted by Crippen LogP contribution is -2.49. The lowest BCUT2D eigenvalue weighted by Gasteiger charge is -2.40. The first-order chi connectivity index (χ1) is 8.38. The van der Waals surface area contributed by atoms with Crippen LogP contribution in [-0.2, 0) is 12.8 Å². The SMILES string of the molecule is OCC1CN(c2ncnc3c2CCCCC3)C1. The molecule has 1 aromatic rings. The Morgan fingerprint density at radius 3 is 2.82 bits per heavy atom. The molecule has 17 heavy (non-hydrogen) atoms. The molecule has 0 amide bonds. The molecule has 92 valence electrons. The minimum atomic E-state index is 0.295. The van der Waals surface area contributed by atoms with Crippen molar-refractivity contribution in [1.29, 1.82) is 0 Å². The van der Waals surface area contributed by atoms with E-state index in [4.69, 9.17) is 5.11 Å². The fourth-order valence-corrected chi connectivity index (χ4v) is 2.81. The van der Waals surface area contributed by atoms with Gasteiger partial charge < -0.3 is 10.0 Å². The summed E-state index contributed by atoms with van der Waals surface area (Å²) in [5.74, 6) is 1.56. The van der Waals surface area contributed by atoms with Gasteiger partial charge in [0, 0.05) is 36.9 Å². The molecule has 0 atom stereocenters. The van der Waals surface area contributed by atoms with Gasteiger partial charge >= 0.3 is 0 Å². The van der Waals surface area contributed by atoms with Crippen LogP contribution in [0.5, 0.6) is 0 Å². The van der Waals surface area contributed by atoms with Gasteiger partial charge in [-0.3, -0.25) is 0 Å². The Morgan fingerprint density at radius 1 is 1.18 bits per heavy atom. The molecule has 4 heteroatoms. The van der Waals surface area contributed by atoms with Crippen LogP contribution < -0.4 is 4.90 Å². The Hall–Kier alpha value is -1.16. The third-order valence-corrected chi connectivity index (χ3v) is 3.87. The zero-order chi connectivity index (χ0) is 11.7. The van der Waals surface area contributed by atoms with E-state index in [2.05, 4.69) is 14.9 Å². The molecule has 1 aromatic heterocycles. The minimum Gasteiger partial charge on any atom is -0.396 e. The van der Waals surface area contributed by atoms with Crippen LogP contribution in [0.2, 0.25) is 0 Å². The summed E-state index contributed by atoms with van der Waals surface area (Å²) in [7, 11) is 0. The fraction of sp³-hybridized carbons (Fsp3) is 0.692. The Labute approximate surface area is 102 Å². The molecule has 0 bridgehead atoms. The van der Waals surface area contributed by atoms with Crippen LogP contribution in [0.15, 0.2) is 6.33 Å². The smallest absolute Gasteiger partial charge is 0.135 e. The van der Waals surface area contributed by atoms with E-state index in [1.807, 2.05) is 0 Å². The number of nitrogens with zero attached hydrogens (tertiary/aromatic N) is 3. The maximum Gasteiger partial charge on any atom is 0.135 e. The van der Waals surface area contributed by atoms with E-state index in [-0.39, 0.29) is 0 Å². The molecule has 1 fully saturated rings. The fourth-order valence-electron chi connectivity index (χ4n) is 2.81. The number of aryl methyl sites for hydroxylation is 1.